The largest absolute Gasteiger partial charge is 0.332 e. The number of halogens is 2. The second-order valence-corrected chi connectivity index (χ2v) is 6.85. The van der Waals surface area contributed by atoms with E-state index >= 15 is 0 Å². The Morgan fingerprint density at radius 2 is 1.89 bits per heavy atom. The van der Waals surface area contributed by atoms with Crippen LogP contribution in [0.5, 0.6) is 0 Å². The zero-order valence-electron chi connectivity index (χ0n) is 15.7. The third kappa shape index (κ3) is 4.73. The van der Waals surface area contributed by atoms with Crippen LogP contribution in [0.2, 0.25) is 0 Å². The summed E-state index contributed by atoms with van der Waals surface area (Å²) in [4.78, 5) is 29.0. The highest BCUT2D eigenvalue weighted by atomic mass is 35.5. The van der Waals surface area contributed by atoms with Gasteiger partial charge >= 0.3 is 0 Å². The van der Waals surface area contributed by atoms with Crippen molar-refractivity contribution in [1.29, 1.82) is 0 Å². The minimum absolute atomic E-state index is 0. The number of carbonyl (C=O) groups excluding carboxylic acids is 2. The van der Waals surface area contributed by atoms with Crippen molar-refractivity contribution >= 4 is 24.1 Å². The molecule has 0 aliphatic carbocycles. The molecule has 1 aromatic carbocycles. The molecule has 2 aromatic rings. The predicted molar refractivity (Wildman–Crippen MR) is 103 cm³/mol. The topological polar surface area (TPSA) is 58.4 Å². The number of Topliss-reactive ketones (excluding diaryl/α,β-unsaturated/α-hetero) is 1. The molecular weight excluding hydrogens is 371 g/mol. The fraction of sp³-hybridized carbons (Fsp3) is 0.421. The summed E-state index contributed by atoms with van der Waals surface area (Å²) in [5, 5.41) is 4.26. The van der Waals surface area contributed by atoms with E-state index in [-0.39, 0.29) is 42.5 Å². The van der Waals surface area contributed by atoms with Crippen LogP contribution >= 0.6 is 12.4 Å². The molecule has 0 radical (unpaired) electrons. The van der Waals surface area contributed by atoms with Gasteiger partial charge in [-0.25, -0.2) is 4.39 Å². The molecular formula is C19H24ClFN4O2. The summed E-state index contributed by atoms with van der Waals surface area (Å²) in [7, 11) is 1.80. The zero-order chi connectivity index (χ0) is 18.8. The van der Waals surface area contributed by atoms with Crippen molar-refractivity contribution in [2.45, 2.75) is 19.9 Å². The zero-order valence-corrected chi connectivity index (χ0v) is 16.5. The van der Waals surface area contributed by atoms with Crippen LogP contribution in [0.1, 0.15) is 33.3 Å². The van der Waals surface area contributed by atoms with Gasteiger partial charge in [-0.15, -0.1) is 12.4 Å². The van der Waals surface area contributed by atoms with Crippen molar-refractivity contribution < 1.29 is 14.0 Å². The highest BCUT2D eigenvalue weighted by Gasteiger charge is 2.30. The maximum absolute atomic E-state index is 13.0. The standard InChI is InChI=1S/C19H23FN4O2.ClH/c1-13-10-22(3)21-18(13)19(26)24-9-8-23(11-14(24)2)12-17(25)15-4-6-16(20)7-5-15;/h4-7,10,14H,8-9,11-12H2,1-3H3;1H/t14-;/m0./s1. The second-order valence-electron chi connectivity index (χ2n) is 6.85. The van der Waals surface area contributed by atoms with E-state index in [0.717, 1.165) is 5.56 Å². The summed E-state index contributed by atoms with van der Waals surface area (Å²) >= 11 is 0. The molecule has 1 atom stereocenters. The van der Waals surface area contributed by atoms with E-state index in [1.807, 2.05) is 29.8 Å². The van der Waals surface area contributed by atoms with Crippen molar-refractivity contribution in [2.24, 2.45) is 7.05 Å². The lowest BCUT2D eigenvalue weighted by Gasteiger charge is -2.39. The Labute approximate surface area is 164 Å². The van der Waals surface area contributed by atoms with Gasteiger partial charge in [-0.3, -0.25) is 19.2 Å². The number of hydrogen-bond donors (Lipinski definition) is 0. The lowest BCUT2D eigenvalue weighted by molar-refractivity contribution is 0.0476. The van der Waals surface area contributed by atoms with Gasteiger partial charge in [-0.2, -0.15) is 5.10 Å². The Balaban J connectivity index is 0.00000261. The van der Waals surface area contributed by atoms with Gasteiger partial charge in [0.05, 0.1) is 6.54 Å². The van der Waals surface area contributed by atoms with E-state index in [0.29, 0.717) is 30.9 Å². The monoisotopic (exact) mass is 394 g/mol. The van der Waals surface area contributed by atoms with Crippen molar-refractivity contribution in [3.05, 3.63) is 53.1 Å². The first kappa shape index (κ1) is 21.1. The minimum atomic E-state index is -0.355. The summed E-state index contributed by atoms with van der Waals surface area (Å²) in [5.41, 5.74) is 1.84. The molecule has 8 heteroatoms. The number of aromatic nitrogens is 2. The smallest absolute Gasteiger partial charge is 0.274 e. The molecule has 3 rings (SSSR count). The molecule has 2 heterocycles. The fourth-order valence-corrected chi connectivity index (χ4v) is 3.36. The number of nitrogens with zero attached hydrogens (tertiary/aromatic N) is 4. The quantitative estimate of drug-likeness (QED) is 0.747. The number of ketones is 1. The molecule has 0 saturated carbocycles. The van der Waals surface area contributed by atoms with E-state index in [1.165, 1.54) is 24.3 Å². The van der Waals surface area contributed by atoms with Crippen molar-refractivity contribution in [2.75, 3.05) is 26.2 Å². The first-order valence-electron chi connectivity index (χ1n) is 8.67. The first-order chi connectivity index (χ1) is 12.3. The Morgan fingerprint density at radius 3 is 2.44 bits per heavy atom. The molecule has 0 bridgehead atoms. The van der Waals surface area contributed by atoms with Crippen LogP contribution in [-0.2, 0) is 7.05 Å². The van der Waals surface area contributed by atoms with Gasteiger partial charge < -0.3 is 4.90 Å². The number of benzene rings is 1. The molecule has 146 valence electrons. The Hall–Kier alpha value is -2.25. The van der Waals surface area contributed by atoms with Crippen LogP contribution < -0.4 is 0 Å². The number of rotatable bonds is 4. The average molecular weight is 395 g/mol. The van der Waals surface area contributed by atoms with E-state index < -0.39 is 0 Å². The molecule has 1 amide bonds. The van der Waals surface area contributed by atoms with E-state index in [1.54, 1.807) is 11.7 Å². The first-order valence-corrected chi connectivity index (χ1v) is 8.67. The highest BCUT2D eigenvalue weighted by molar-refractivity contribution is 5.97. The maximum Gasteiger partial charge on any atom is 0.274 e. The highest BCUT2D eigenvalue weighted by Crippen LogP contribution is 2.16. The van der Waals surface area contributed by atoms with Crippen molar-refractivity contribution in [3.63, 3.8) is 0 Å². The van der Waals surface area contributed by atoms with Crippen molar-refractivity contribution in [3.8, 4) is 0 Å². The van der Waals surface area contributed by atoms with Crippen molar-refractivity contribution in [1.82, 2.24) is 19.6 Å². The molecule has 1 aromatic heterocycles. The molecule has 0 N–H and O–H groups in total. The Bertz CT molecular complexity index is 822. The van der Waals surface area contributed by atoms with Gasteiger partial charge in [0.15, 0.2) is 11.5 Å². The third-order valence-electron chi connectivity index (χ3n) is 4.72. The molecule has 0 spiro atoms. The summed E-state index contributed by atoms with van der Waals surface area (Å²) < 4.78 is 14.6. The van der Waals surface area contributed by atoms with Gasteiger partial charge in [-0.1, -0.05) is 0 Å². The third-order valence-corrected chi connectivity index (χ3v) is 4.72. The molecule has 6 nitrogen and oxygen atoms in total. The van der Waals surface area contributed by atoms with E-state index in [4.69, 9.17) is 0 Å². The summed E-state index contributed by atoms with van der Waals surface area (Å²) in [6.45, 7) is 5.90. The van der Waals surface area contributed by atoms with Gasteiger partial charge in [-0.05, 0) is 38.1 Å². The molecule has 1 saturated heterocycles. The lowest BCUT2D eigenvalue weighted by atomic mass is 10.1. The molecule has 1 aliphatic heterocycles. The normalized spacial score (nSPS) is 17.5. The molecule has 1 fully saturated rings. The number of piperazine rings is 1. The van der Waals surface area contributed by atoms with Gasteiger partial charge in [0.1, 0.15) is 5.82 Å². The molecule has 1 aliphatic rings. The van der Waals surface area contributed by atoms with Gasteiger partial charge in [0.25, 0.3) is 5.91 Å². The summed E-state index contributed by atoms with van der Waals surface area (Å²) in [6, 6.07) is 5.58. The van der Waals surface area contributed by atoms with Crippen LogP contribution in [0.15, 0.2) is 30.5 Å². The fourth-order valence-electron chi connectivity index (χ4n) is 3.36. The SMILES string of the molecule is Cc1cn(C)nc1C(=O)N1CCN(CC(=O)c2ccc(F)cc2)C[C@@H]1C.Cl. The lowest BCUT2D eigenvalue weighted by Crippen LogP contribution is -2.55. The van der Waals surface area contributed by atoms with Gasteiger partial charge in [0.2, 0.25) is 0 Å². The average Bonchev–Trinajstić information content (AvgIpc) is 2.93. The van der Waals surface area contributed by atoms with Crippen LogP contribution in [0.25, 0.3) is 0 Å². The Kier molecular flexibility index (Phi) is 6.73. The minimum Gasteiger partial charge on any atom is -0.332 e. The van der Waals surface area contributed by atoms with Gasteiger partial charge in [0, 0.05) is 50.0 Å². The number of aryl methyl sites for hydroxylation is 2. The summed E-state index contributed by atoms with van der Waals surface area (Å²) in [5.74, 6) is -0.468. The number of hydrogen-bond acceptors (Lipinski definition) is 4. The van der Waals surface area contributed by atoms with E-state index in [2.05, 4.69) is 5.10 Å². The molecule has 27 heavy (non-hydrogen) atoms. The van der Waals surface area contributed by atoms with Crippen LogP contribution in [-0.4, -0.2) is 63.5 Å². The van der Waals surface area contributed by atoms with Crippen LogP contribution in [0.4, 0.5) is 4.39 Å². The molecule has 0 unspecified atom stereocenters. The predicted octanol–water partition coefficient (Wildman–Crippen LogP) is 2.32. The second kappa shape index (κ2) is 8.63. The number of carbonyl (C=O) groups is 2. The Morgan fingerprint density at radius 1 is 1.22 bits per heavy atom. The van der Waals surface area contributed by atoms with E-state index in [9.17, 15) is 14.0 Å². The number of amides is 1. The van der Waals surface area contributed by atoms with Crippen LogP contribution in [0, 0.1) is 12.7 Å². The van der Waals surface area contributed by atoms with Crippen LogP contribution in [0.3, 0.4) is 0 Å². The summed E-state index contributed by atoms with van der Waals surface area (Å²) in [6.07, 6.45) is 1.83. The maximum atomic E-state index is 13.0.